The molecule has 0 unspecified atom stereocenters. The second kappa shape index (κ2) is 8.29. The summed E-state index contributed by atoms with van der Waals surface area (Å²) >= 11 is 6.62. The molecule has 0 spiro atoms. The monoisotopic (exact) mass is 472 g/mol. The van der Waals surface area contributed by atoms with E-state index in [9.17, 15) is 10.2 Å². The Morgan fingerprint density at radius 2 is 1.08 bits per heavy atom. The molecule has 0 bridgehead atoms. The van der Waals surface area contributed by atoms with Crippen LogP contribution in [0.15, 0.2) is 79.6 Å². The second-order valence-corrected chi connectivity index (χ2v) is 7.24. The number of aliphatic imine (C=N–C) groups is 2. The lowest BCUT2D eigenvalue weighted by molar-refractivity contribution is 0.473. The number of nitrogens with zero attached hydrogens (tertiary/aromatic N) is 2. The third kappa shape index (κ3) is 4.59. The van der Waals surface area contributed by atoms with E-state index in [4.69, 9.17) is 0 Å². The van der Waals surface area contributed by atoms with Crippen LogP contribution in [-0.2, 0) is 0 Å². The maximum Gasteiger partial charge on any atom is 0.125 e. The Labute approximate surface area is 167 Å². The van der Waals surface area contributed by atoms with Crippen LogP contribution in [0.1, 0.15) is 11.1 Å². The van der Waals surface area contributed by atoms with Crippen LogP contribution in [0.4, 0.5) is 11.4 Å². The molecule has 0 atom stereocenters. The van der Waals surface area contributed by atoms with E-state index in [0.717, 1.165) is 8.95 Å². The van der Waals surface area contributed by atoms with Gasteiger partial charge in [-0.1, -0.05) is 44.0 Å². The Morgan fingerprint density at radius 1 is 0.654 bits per heavy atom. The van der Waals surface area contributed by atoms with E-state index < -0.39 is 0 Å². The number of halogens is 2. The largest absolute Gasteiger partial charge is 0.507 e. The van der Waals surface area contributed by atoms with Gasteiger partial charge in [-0.2, -0.15) is 0 Å². The molecule has 0 amide bonds. The van der Waals surface area contributed by atoms with Gasteiger partial charge < -0.3 is 10.2 Å². The van der Waals surface area contributed by atoms with Crippen molar-refractivity contribution >= 4 is 55.7 Å². The molecule has 3 rings (SSSR count). The van der Waals surface area contributed by atoms with Gasteiger partial charge in [0.2, 0.25) is 0 Å². The van der Waals surface area contributed by atoms with Crippen LogP contribution >= 0.6 is 31.9 Å². The highest BCUT2D eigenvalue weighted by molar-refractivity contribution is 9.10. The highest BCUT2D eigenvalue weighted by atomic mass is 79.9. The van der Waals surface area contributed by atoms with Crippen LogP contribution in [0.2, 0.25) is 0 Å². The van der Waals surface area contributed by atoms with E-state index >= 15 is 0 Å². The number of aromatic hydroxyl groups is 2. The molecule has 0 aromatic heterocycles. The highest BCUT2D eigenvalue weighted by Gasteiger charge is 2.02. The zero-order valence-electron chi connectivity index (χ0n) is 13.5. The minimum Gasteiger partial charge on any atom is -0.507 e. The number of benzene rings is 3. The molecule has 3 aromatic carbocycles. The van der Waals surface area contributed by atoms with Gasteiger partial charge in [-0.25, -0.2) is 0 Å². The van der Waals surface area contributed by atoms with Gasteiger partial charge in [0.25, 0.3) is 0 Å². The SMILES string of the molecule is Oc1cc(Br)ccc1C=Nc1ccccc1N=Cc1ccc(Br)cc1O. The molecule has 0 heterocycles. The molecule has 130 valence electrons. The number of phenolic OH excluding ortho intramolecular Hbond substituents is 2. The third-order valence-electron chi connectivity index (χ3n) is 3.55. The number of rotatable bonds is 4. The first-order chi connectivity index (χ1) is 12.5. The molecule has 3 aromatic rings. The van der Waals surface area contributed by atoms with Crippen molar-refractivity contribution in [1.29, 1.82) is 0 Å². The van der Waals surface area contributed by atoms with Gasteiger partial charge in [0.1, 0.15) is 11.5 Å². The van der Waals surface area contributed by atoms with Gasteiger partial charge >= 0.3 is 0 Å². The zero-order valence-corrected chi connectivity index (χ0v) is 16.6. The van der Waals surface area contributed by atoms with Crippen LogP contribution in [-0.4, -0.2) is 22.6 Å². The maximum absolute atomic E-state index is 9.96. The molecule has 26 heavy (non-hydrogen) atoms. The van der Waals surface area contributed by atoms with Crippen LogP contribution in [0.3, 0.4) is 0 Å². The molecular formula is C20H14Br2N2O2. The van der Waals surface area contributed by atoms with E-state index in [-0.39, 0.29) is 11.5 Å². The van der Waals surface area contributed by atoms with Crippen molar-refractivity contribution in [1.82, 2.24) is 0 Å². The second-order valence-electron chi connectivity index (χ2n) is 5.41. The van der Waals surface area contributed by atoms with E-state index in [1.807, 2.05) is 36.4 Å². The highest BCUT2D eigenvalue weighted by Crippen LogP contribution is 2.29. The topological polar surface area (TPSA) is 65.2 Å². The number of hydrogen-bond donors (Lipinski definition) is 2. The van der Waals surface area contributed by atoms with Crippen molar-refractivity contribution in [2.24, 2.45) is 9.98 Å². The van der Waals surface area contributed by atoms with Gasteiger partial charge in [-0.05, 0) is 48.5 Å². The summed E-state index contributed by atoms with van der Waals surface area (Å²) in [7, 11) is 0. The fraction of sp³-hybridized carbons (Fsp3) is 0. The summed E-state index contributed by atoms with van der Waals surface area (Å²) in [5.41, 5.74) is 2.53. The van der Waals surface area contributed by atoms with E-state index in [2.05, 4.69) is 41.8 Å². The van der Waals surface area contributed by atoms with Crippen LogP contribution in [0.5, 0.6) is 11.5 Å². The van der Waals surface area contributed by atoms with Crippen molar-refractivity contribution in [3.8, 4) is 11.5 Å². The van der Waals surface area contributed by atoms with Gasteiger partial charge in [-0.15, -0.1) is 0 Å². The van der Waals surface area contributed by atoms with Crippen molar-refractivity contribution in [3.63, 3.8) is 0 Å². The summed E-state index contributed by atoms with van der Waals surface area (Å²) in [5.74, 6) is 0.285. The predicted molar refractivity (Wildman–Crippen MR) is 113 cm³/mol. The lowest BCUT2D eigenvalue weighted by Crippen LogP contribution is -1.83. The van der Waals surface area contributed by atoms with Gasteiger partial charge in [0.15, 0.2) is 0 Å². The molecule has 6 heteroatoms. The number of phenols is 2. The average Bonchev–Trinajstić information content (AvgIpc) is 2.61. The fourth-order valence-electron chi connectivity index (χ4n) is 2.21. The first-order valence-electron chi connectivity index (χ1n) is 7.67. The minimum absolute atomic E-state index is 0.142. The average molecular weight is 474 g/mol. The van der Waals surface area contributed by atoms with E-state index in [1.165, 1.54) is 0 Å². The Hall–Kier alpha value is -2.44. The number of hydrogen-bond acceptors (Lipinski definition) is 4. The normalized spacial score (nSPS) is 11.5. The smallest absolute Gasteiger partial charge is 0.125 e. The predicted octanol–water partition coefficient (Wildman–Crippen LogP) is 6.12. The van der Waals surface area contributed by atoms with E-state index in [1.54, 1.807) is 36.7 Å². The van der Waals surface area contributed by atoms with Crippen LogP contribution in [0, 0.1) is 0 Å². The lowest BCUT2D eigenvalue weighted by atomic mass is 10.2. The Morgan fingerprint density at radius 3 is 1.46 bits per heavy atom. The summed E-state index contributed by atoms with van der Waals surface area (Å²) in [6, 6.07) is 17.8. The van der Waals surface area contributed by atoms with Gasteiger partial charge in [0, 0.05) is 32.5 Å². The first kappa shape index (κ1) is 18.4. The van der Waals surface area contributed by atoms with Crippen molar-refractivity contribution < 1.29 is 10.2 Å². The Bertz CT molecular complexity index is 920. The summed E-state index contributed by atoms with van der Waals surface area (Å²) in [6.45, 7) is 0. The number of para-hydroxylation sites is 2. The van der Waals surface area contributed by atoms with E-state index in [0.29, 0.717) is 22.5 Å². The molecule has 0 radical (unpaired) electrons. The summed E-state index contributed by atoms with van der Waals surface area (Å²) in [4.78, 5) is 8.86. The summed E-state index contributed by atoms with van der Waals surface area (Å²) in [5, 5.41) is 19.9. The summed E-state index contributed by atoms with van der Waals surface area (Å²) in [6.07, 6.45) is 3.18. The molecular weight excluding hydrogens is 460 g/mol. The zero-order chi connectivity index (χ0) is 18.5. The fourth-order valence-corrected chi connectivity index (χ4v) is 2.91. The molecule has 0 saturated carbocycles. The maximum atomic E-state index is 9.96. The molecule has 0 saturated heterocycles. The quantitative estimate of drug-likeness (QED) is 0.448. The summed E-state index contributed by atoms with van der Waals surface area (Å²) < 4.78 is 1.60. The minimum atomic E-state index is 0.142. The molecule has 2 N–H and O–H groups in total. The van der Waals surface area contributed by atoms with Crippen molar-refractivity contribution in [2.45, 2.75) is 0 Å². The molecule has 0 fully saturated rings. The van der Waals surface area contributed by atoms with Crippen molar-refractivity contribution in [3.05, 3.63) is 80.7 Å². The standard InChI is InChI=1S/C20H14Br2N2O2/c21-15-7-5-13(19(25)9-15)11-23-17-3-1-2-4-18(17)24-12-14-6-8-16(22)10-20(14)26/h1-12,25-26H. The van der Waals surface area contributed by atoms with Crippen LogP contribution in [0.25, 0.3) is 0 Å². The first-order valence-corrected chi connectivity index (χ1v) is 9.26. The third-order valence-corrected chi connectivity index (χ3v) is 4.54. The van der Waals surface area contributed by atoms with Crippen molar-refractivity contribution in [2.75, 3.05) is 0 Å². The van der Waals surface area contributed by atoms with Crippen LogP contribution < -0.4 is 0 Å². The molecule has 0 aliphatic rings. The molecule has 0 aliphatic carbocycles. The lowest BCUT2D eigenvalue weighted by Gasteiger charge is -2.02. The van der Waals surface area contributed by atoms with Gasteiger partial charge in [0.05, 0.1) is 11.4 Å². The Balaban J connectivity index is 1.88. The Kier molecular flexibility index (Phi) is 5.85. The molecule has 0 aliphatic heterocycles. The molecule has 4 nitrogen and oxygen atoms in total. The van der Waals surface area contributed by atoms with Gasteiger partial charge in [-0.3, -0.25) is 9.98 Å².